The van der Waals surface area contributed by atoms with Gasteiger partial charge in [0.05, 0.1) is 26.2 Å². The van der Waals surface area contributed by atoms with Crippen molar-refractivity contribution in [3.63, 3.8) is 0 Å². The second-order valence-electron chi connectivity index (χ2n) is 7.73. The predicted octanol–water partition coefficient (Wildman–Crippen LogP) is -3.96. The Morgan fingerprint density at radius 1 is 0.714 bits per heavy atom. The molecule has 5 heterocycles. The van der Waals surface area contributed by atoms with E-state index in [1.54, 1.807) is 0 Å². The summed E-state index contributed by atoms with van der Waals surface area (Å²) in [5, 5.41) is 14.4. The molecule has 152 valence electrons. The van der Waals surface area contributed by atoms with Crippen molar-refractivity contribution in [3.8, 4) is 0 Å². The molecular weight excluding hydrogens is 360 g/mol. The Kier molecular flexibility index (Phi) is 4.05. The Balaban J connectivity index is 1.77. The number of hydrogen-bond acceptors (Lipinski definition) is 10. The molecule has 0 saturated carbocycles. The second kappa shape index (κ2) is 6.37. The summed E-state index contributed by atoms with van der Waals surface area (Å²) in [6.45, 7) is 8.07. The monoisotopic (exact) mass is 390 g/mol. The first kappa shape index (κ1) is 17.8. The molecule has 0 aromatic carbocycles. The maximum atomic E-state index is 6.66. The van der Waals surface area contributed by atoms with Crippen molar-refractivity contribution >= 4 is 23.8 Å². The first-order valence-electron chi connectivity index (χ1n) is 10.1. The zero-order valence-electron chi connectivity index (χ0n) is 16.1. The first-order valence-corrected chi connectivity index (χ1v) is 10.1. The van der Waals surface area contributed by atoms with Crippen LogP contribution in [0.25, 0.3) is 0 Å². The highest BCUT2D eigenvalue weighted by Gasteiger charge is 2.76. The second-order valence-corrected chi connectivity index (χ2v) is 7.73. The van der Waals surface area contributed by atoms with E-state index in [-0.39, 0.29) is 0 Å². The van der Waals surface area contributed by atoms with E-state index in [0.29, 0.717) is 53.6 Å². The lowest BCUT2D eigenvalue weighted by Crippen LogP contribution is -2.94. The number of quaternary nitrogens is 2. The number of piperazine rings is 1. The fraction of sp³-hybridized carbons (Fsp3) is 0.750. The van der Waals surface area contributed by atoms with Crippen molar-refractivity contribution in [3.05, 3.63) is 0 Å². The first-order chi connectivity index (χ1) is 13.7. The van der Waals surface area contributed by atoms with Crippen LogP contribution in [0.15, 0.2) is 20.0 Å². The molecule has 5 rings (SSSR count). The van der Waals surface area contributed by atoms with Crippen molar-refractivity contribution in [1.82, 2.24) is 21.3 Å². The Labute approximate surface area is 164 Å². The molecule has 0 amide bonds. The molecule has 12 nitrogen and oxygen atoms in total. The molecule has 2 atom stereocenters. The molecule has 0 bridgehead atoms. The van der Waals surface area contributed by atoms with E-state index in [1.807, 2.05) is 0 Å². The minimum absolute atomic E-state index is 0.302. The van der Waals surface area contributed by atoms with E-state index in [9.17, 15) is 0 Å². The molecule has 5 aliphatic rings. The van der Waals surface area contributed by atoms with Gasteiger partial charge in [0, 0.05) is 26.2 Å². The third-order valence-electron chi connectivity index (χ3n) is 6.58. The van der Waals surface area contributed by atoms with Crippen LogP contribution in [0, 0.1) is 0 Å². The summed E-state index contributed by atoms with van der Waals surface area (Å²) in [5.41, 5.74) is 13.3. The number of nitrogens with two attached hydrogens (primary N) is 2. The van der Waals surface area contributed by atoms with Crippen molar-refractivity contribution in [2.45, 2.75) is 5.79 Å². The number of guanidine groups is 4. The highest BCUT2D eigenvalue weighted by molar-refractivity contribution is 5.93. The van der Waals surface area contributed by atoms with Crippen LogP contribution >= 0.6 is 0 Å². The maximum absolute atomic E-state index is 6.66. The van der Waals surface area contributed by atoms with Crippen molar-refractivity contribution < 1.29 is 8.97 Å². The summed E-state index contributed by atoms with van der Waals surface area (Å²) in [6.07, 6.45) is 0. The van der Waals surface area contributed by atoms with E-state index in [0.717, 1.165) is 51.2 Å². The lowest BCUT2D eigenvalue weighted by molar-refractivity contribution is -1.02. The number of nitrogens with one attached hydrogen (secondary N) is 4. The van der Waals surface area contributed by atoms with E-state index in [1.165, 1.54) is 0 Å². The summed E-state index contributed by atoms with van der Waals surface area (Å²) in [6, 6.07) is 0. The molecule has 0 radical (unpaired) electrons. The summed E-state index contributed by atoms with van der Waals surface area (Å²) < 4.78 is 0.605. The Bertz CT molecular complexity index is 720. The molecule has 1 fully saturated rings. The van der Waals surface area contributed by atoms with Crippen LogP contribution in [0.2, 0.25) is 0 Å². The number of nitrogens with zero attached hydrogens (tertiary/aromatic N) is 6. The van der Waals surface area contributed by atoms with E-state index < -0.39 is 5.79 Å². The molecule has 0 aromatic rings. The Morgan fingerprint density at radius 3 is 1.64 bits per heavy atom. The standard InChI is InChI=1S/C16H30N12/c17-12-20-7-9-27(12,14-22-2-3-23-14)16(11-19-1-6-26-16)28(10-8-21-13(28)18)15-24-4-5-25-15/h19,26H,1-11H2,(H2,17,20)(H2,18,21)(H,22,23)(H,24,25)/q+2. The fourth-order valence-electron chi connectivity index (χ4n) is 5.42. The highest BCUT2D eigenvalue weighted by Crippen LogP contribution is 2.39. The smallest absolute Gasteiger partial charge is 0.327 e. The number of hydrogen-bond donors (Lipinski definition) is 6. The van der Waals surface area contributed by atoms with Crippen LogP contribution in [0.4, 0.5) is 0 Å². The Hall–Kier alpha value is -2.28. The van der Waals surface area contributed by atoms with Gasteiger partial charge in [-0.05, 0) is 0 Å². The predicted molar refractivity (Wildman–Crippen MR) is 107 cm³/mol. The summed E-state index contributed by atoms with van der Waals surface area (Å²) in [7, 11) is 0. The fourth-order valence-corrected chi connectivity index (χ4v) is 5.42. The zero-order chi connectivity index (χ0) is 19.2. The lowest BCUT2D eigenvalue weighted by atomic mass is 10.1. The maximum Gasteiger partial charge on any atom is 0.327 e. The van der Waals surface area contributed by atoms with Crippen LogP contribution in [0.1, 0.15) is 0 Å². The molecule has 0 spiro atoms. The highest BCUT2D eigenvalue weighted by atomic mass is 15.8. The topological polar surface area (TPSA) is 150 Å². The van der Waals surface area contributed by atoms with Gasteiger partial charge in [-0.15, -0.1) is 8.97 Å². The van der Waals surface area contributed by atoms with Crippen LogP contribution in [-0.2, 0) is 0 Å². The summed E-state index contributed by atoms with van der Waals surface area (Å²) >= 11 is 0. The molecule has 0 aromatic heterocycles. The van der Waals surface area contributed by atoms with Crippen molar-refractivity contribution in [2.75, 3.05) is 72.0 Å². The SMILES string of the molecule is NC1=NCC[N+]1(C1=NCCN1)C1([N+]2(C3=NCCN3)CCN=C2N)CNCCN1. The van der Waals surface area contributed by atoms with Crippen LogP contribution in [-0.4, -0.2) is 111 Å². The van der Waals surface area contributed by atoms with Crippen LogP contribution in [0.5, 0.6) is 0 Å². The molecular formula is C16H30N12+2. The lowest BCUT2D eigenvalue weighted by Gasteiger charge is -2.55. The number of rotatable bonds is 2. The third-order valence-corrected chi connectivity index (χ3v) is 6.58. The molecule has 12 heteroatoms. The molecule has 5 aliphatic heterocycles. The summed E-state index contributed by atoms with van der Waals surface area (Å²) in [4.78, 5) is 18.9. The summed E-state index contributed by atoms with van der Waals surface area (Å²) in [5.74, 6) is 2.13. The van der Waals surface area contributed by atoms with E-state index in [4.69, 9.17) is 21.5 Å². The van der Waals surface area contributed by atoms with Crippen molar-refractivity contribution in [2.24, 2.45) is 31.4 Å². The largest absolute Gasteiger partial charge is 0.337 e. The molecule has 2 unspecified atom stereocenters. The normalized spacial score (nSPS) is 40.4. The Morgan fingerprint density at radius 2 is 1.29 bits per heavy atom. The van der Waals surface area contributed by atoms with E-state index >= 15 is 0 Å². The van der Waals surface area contributed by atoms with Gasteiger partial charge in [0.15, 0.2) is 0 Å². The van der Waals surface area contributed by atoms with Gasteiger partial charge in [-0.2, -0.15) is 0 Å². The average molecular weight is 391 g/mol. The van der Waals surface area contributed by atoms with Gasteiger partial charge < -0.3 is 27.4 Å². The van der Waals surface area contributed by atoms with Crippen LogP contribution < -0.4 is 32.7 Å². The third kappa shape index (κ3) is 2.03. The van der Waals surface area contributed by atoms with Gasteiger partial charge in [0.25, 0.3) is 0 Å². The van der Waals surface area contributed by atoms with Gasteiger partial charge in [0.2, 0.25) is 0 Å². The molecule has 0 aliphatic carbocycles. The van der Waals surface area contributed by atoms with E-state index in [2.05, 4.69) is 31.3 Å². The molecule has 1 saturated heterocycles. The molecule has 8 N–H and O–H groups in total. The number of aliphatic imine (C=N–C) groups is 4. The van der Waals surface area contributed by atoms with Gasteiger partial charge in [-0.3, -0.25) is 0 Å². The van der Waals surface area contributed by atoms with Crippen LogP contribution in [0.3, 0.4) is 0 Å². The van der Waals surface area contributed by atoms with Gasteiger partial charge in [-0.1, -0.05) is 0 Å². The quantitative estimate of drug-likeness (QED) is 0.265. The molecule has 28 heavy (non-hydrogen) atoms. The van der Waals surface area contributed by atoms with Crippen molar-refractivity contribution in [1.29, 1.82) is 0 Å². The van der Waals surface area contributed by atoms with Gasteiger partial charge in [0.1, 0.15) is 19.6 Å². The average Bonchev–Trinajstić information content (AvgIpc) is 3.50. The van der Waals surface area contributed by atoms with Gasteiger partial charge in [-0.25, -0.2) is 25.3 Å². The minimum atomic E-state index is -0.682. The van der Waals surface area contributed by atoms with Gasteiger partial charge >= 0.3 is 29.6 Å². The zero-order valence-corrected chi connectivity index (χ0v) is 16.1. The minimum Gasteiger partial charge on any atom is -0.337 e.